The monoisotopic (exact) mass is 262 g/mol. The average molecular weight is 262 g/mol. The van der Waals surface area contributed by atoms with Gasteiger partial charge in [-0.05, 0) is 12.0 Å². The maximum Gasteiger partial charge on any atom is 0.249 e. The molecule has 5 nitrogen and oxygen atoms in total. The van der Waals surface area contributed by atoms with Gasteiger partial charge in [-0.1, -0.05) is 30.3 Å². The molecule has 2 atom stereocenters. The SMILES string of the molecule is O=CNC(C(=O)N1CCC(CO)C1)c1ccccc1. The van der Waals surface area contributed by atoms with Crippen molar-refractivity contribution in [1.82, 2.24) is 10.2 Å². The van der Waals surface area contributed by atoms with E-state index in [-0.39, 0.29) is 18.4 Å². The van der Waals surface area contributed by atoms with Gasteiger partial charge in [0.05, 0.1) is 0 Å². The van der Waals surface area contributed by atoms with Gasteiger partial charge in [-0.15, -0.1) is 0 Å². The molecule has 0 aliphatic carbocycles. The van der Waals surface area contributed by atoms with Gasteiger partial charge in [0.25, 0.3) is 0 Å². The van der Waals surface area contributed by atoms with Crippen LogP contribution in [0.4, 0.5) is 0 Å². The van der Waals surface area contributed by atoms with Crippen LogP contribution in [0.15, 0.2) is 30.3 Å². The molecule has 1 aliphatic heterocycles. The lowest BCUT2D eigenvalue weighted by atomic mass is 10.1. The summed E-state index contributed by atoms with van der Waals surface area (Å²) < 4.78 is 0. The minimum absolute atomic E-state index is 0.0981. The molecule has 0 radical (unpaired) electrons. The zero-order valence-corrected chi connectivity index (χ0v) is 10.7. The Labute approximate surface area is 112 Å². The Morgan fingerprint density at radius 2 is 2.21 bits per heavy atom. The maximum absolute atomic E-state index is 12.4. The highest BCUT2D eigenvalue weighted by molar-refractivity contribution is 5.85. The summed E-state index contributed by atoms with van der Waals surface area (Å²) in [4.78, 5) is 24.8. The number of amides is 2. The molecule has 1 fully saturated rings. The molecule has 0 saturated carbocycles. The van der Waals surface area contributed by atoms with E-state index in [4.69, 9.17) is 5.11 Å². The summed E-state index contributed by atoms with van der Waals surface area (Å²) in [5.74, 6) is 0.0332. The van der Waals surface area contributed by atoms with E-state index in [0.29, 0.717) is 19.5 Å². The van der Waals surface area contributed by atoms with Crippen LogP contribution in [-0.2, 0) is 9.59 Å². The number of rotatable bonds is 5. The summed E-state index contributed by atoms with van der Waals surface area (Å²) in [5.41, 5.74) is 0.770. The van der Waals surface area contributed by atoms with Crippen molar-refractivity contribution in [1.29, 1.82) is 0 Å². The summed E-state index contributed by atoms with van der Waals surface area (Å²) in [7, 11) is 0. The highest BCUT2D eigenvalue weighted by atomic mass is 16.3. The van der Waals surface area contributed by atoms with Gasteiger partial charge < -0.3 is 15.3 Å². The Hall–Kier alpha value is -1.88. The third-order valence-corrected chi connectivity index (χ3v) is 3.47. The van der Waals surface area contributed by atoms with Crippen molar-refractivity contribution >= 4 is 12.3 Å². The summed E-state index contributed by atoms with van der Waals surface area (Å²) in [6.45, 7) is 1.29. The minimum Gasteiger partial charge on any atom is -0.396 e. The van der Waals surface area contributed by atoms with Crippen LogP contribution in [0.1, 0.15) is 18.0 Å². The second kappa shape index (κ2) is 6.33. The van der Waals surface area contributed by atoms with Crippen molar-refractivity contribution in [3.05, 3.63) is 35.9 Å². The smallest absolute Gasteiger partial charge is 0.249 e. The fourth-order valence-corrected chi connectivity index (χ4v) is 2.39. The highest BCUT2D eigenvalue weighted by Gasteiger charge is 2.31. The van der Waals surface area contributed by atoms with Gasteiger partial charge in [-0.3, -0.25) is 9.59 Å². The van der Waals surface area contributed by atoms with E-state index < -0.39 is 6.04 Å². The number of aliphatic hydroxyl groups is 1. The normalized spacial score (nSPS) is 20.1. The Balaban J connectivity index is 2.11. The number of carbonyl (C=O) groups excluding carboxylic acids is 2. The van der Waals surface area contributed by atoms with Crippen LogP contribution < -0.4 is 5.32 Å². The highest BCUT2D eigenvalue weighted by Crippen LogP contribution is 2.21. The Bertz CT molecular complexity index is 436. The molecule has 1 aliphatic rings. The topological polar surface area (TPSA) is 69.6 Å². The summed E-state index contributed by atoms with van der Waals surface area (Å²) in [6.07, 6.45) is 1.36. The van der Waals surface area contributed by atoms with Crippen molar-refractivity contribution in [3.63, 3.8) is 0 Å². The van der Waals surface area contributed by atoms with Crippen LogP contribution in [0, 0.1) is 5.92 Å². The van der Waals surface area contributed by atoms with Crippen LogP contribution in [0.3, 0.4) is 0 Å². The Morgan fingerprint density at radius 3 is 2.79 bits per heavy atom. The summed E-state index contributed by atoms with van der Waals surface area (Å²) >= 11 is 0. The first-order valence-corrected chi connectivity index (χ1v) is 6.40. The molecule has 0 spiro atoms. The molecule has 2 unspecified atom stereocenters. The van der Waals surface area contributed by atoms with Gasteiger partial charge in [-0.2, -0.15) is 0 Å². The second-order valence-electron chi connectivity index (χ2n) is 4.75. The van der Waals surface area contributed by atoms with Gasteiger partial charge in [0.1, 0.15) is 6.04 Å². The standard InChI is InChI=1S/C14H18N2O3/c17-9-11-6-7-16(8-11)14(19)13(15-10-18)12-4-2-1-3-5-12/h1-5,10-11,13,17H,6-9H2,(H,15,18). The maximum atomic E-state index is 12.4. The number of hydrogen-bond donors (Lipinski definition) is 2. The van der Waals surface area contributed by atoms with Crippen molar-refractivity contribution in [2.24, 2.45) is 5.92 Å². The van der Waals surface area contributed by atoms with E-state index in [0.717, 1.165) is 12.0 Å². The molecule has 2 amide bonds. The quantitative estimate of drug-likeness (QED) is 0.751. The van der Waals surface area contributed by atoms with Crippen molar-refractivity contribution in [2.75, 3.05) is 19.7 Å². The Morgan fingerprint density at radius 1 is 1.47 bits per heavy atom. The number of hydrogen-bond acceptors (Lipinski definition) is 3. The fraction of sp³-hybridized carbons (Fsp3) is 0.429. The molecular weight excluding hydrogens is 244 g/mol. The van der Waals surface area contributed by atoms with E-state index in [1.54, 1.807) is 4.90 Å². The molecule has 1 heterocycles. The van der Waals surface area contributed by atoms with Crippen LogP contribution in [0.2, 0.25) is 0 Å². The van der Waals surface area contributed by atoms with Crippen LogP contribution >= 0.6 is 0 Å². The van der Waals surface area contributed by atoms with Crippen LogP contribution in [0.25, 0.3) is 0 Å². The third-order valence-electron chi connectivity index (χ3n) is 3.47. The van der Waals surface area contributed by atoms with E-state index in [2.05, 4.69) is 5.32 Å². The number of nitrogens with one attached hydrogen (secondary N) is 1. The average Bonchev–Trinajstić information content (AvgIpc) is 2.94. The summed E-state index contributed by atoms with van der Waals surface area (Å²) in [6, 6.07) is 8.53. The van der Waals surface area contributed by atoms with Crippen molar-refractivity contribution < 1.29 is 14.7 Å². The fourth-order valence-electron chi connectivity index (χ4n) is 2.39. The first-order valence-electron chi connectivity index (χ1n) is 6.40. The zero-order valence-electron chi connectivity index (χ0n) is 10.7. The van der Waals surface area contributed by atoms with Crippen molar-refractivity contribution in [2.45, 2.75) is 12.5 Å². The minimum atomic E-state index is -0.642. The van der Waals surface area contributed by atoms with Gasteiger partial charge in [-0.25, -0.2) is 0 Å². The second-order valence-corrected chi connectivity index (χ2v) is 4.75. The number of aliphatic hydroxyl groups excluding tert-OH is 1. The molecule has 102 valence electrons. The lowest BCUT2D eigenvalue weighted by Gasteiger charge is -2.23. The van der Waals surface area contributed by atoms with Gasteiger partial charge >= 0.3 is 0 Å². The third kappa shape index (κ3) is 3.12. The van der Waals surface area contributed by atoms with Crippen LogP contribution in [-0.4, -0.2) is 42.0 Å². The largest absolute Gasteiger partial charge is 0.396 e. The number of nitrogens with zero attached hydrogens (tertiary/aromatic N) is 1. The number of likely N-dealkylation sites (tertiary alicyclic amines) is 1. The molecule has 2 rings (SSSR count). The molecule has 0 bridgehead atoms. The van der Waals surface area contributed by atoms with Gasteiger partial charge in [0.2, 0.25) is 12.3 Å². The van der Waals surface area contributed by atoms with Gasteiger partial charge in [0, 0.05) is 25.6 Å². The first-order chi connectivity index (χ1) is 9.26. The molecular formula is C14H18N2O3. The predicted molar refractivity (Wildman–Crippen MR) is 70.2 cm³/mol. The van der Waals surface area contributed by atoms with E-state index in [9.17, 15) is 9.59 Å². The summed E-state index contributed by atoms with van der Waals surface area (Å²) in [5, 5.41) is 11.7. The van der Waals surface area contributed by atoms with E-state index in [1.807, 2.05) is 30.3 Å². The first kappa shape index (κ1) is 13.5. The number of benzene rings is 1. The Kier molecular flexibility index (Phi) is 4.52. The van der Waals surface area contributed by atoms with E-state index >= 15 is 0 Å². The molecule has 0 aromatic heterocycles. The molecule has 1 aromatic rings. The predicted octanol–water partition coefficient (Wildman–Crippen LogP) is 0.315. The molecule has 1 saturated heterocycles. The number of carbonyl (C=O) groups is 2. The molecule has 2 N–H and O–H groups in total. The van der Waals surface area contributed by atoms with Crippen LogP contribution in [0.5, 0.6) is 0 Å². The molecule has 5 heteroatoms. The van der Waals surface area contributed by atoms with Gasteiger partial charge in [0.15, 0.2) is 0 Å². The lowest BCUT2D eigenvalue weighted by Crippen LogP contribution is -2.39. The lowest BCUT2D eigenvalue weighted by molar-refractivity contribution is -0.134. The molecule has 1 aromatic carbocycles. The van der Waals surface area contributed by atoms with Crippen molar-refractivity contribution in [3.8, 4) is 0 Å². The van der Waals surface area contributed by atoms with E-state index in [1.165, 1.54) is 0 Å². The molecule has 19 heavy (non-hydrogen) atoms. The zero-order chi connectivity index (χ0) is 13.7.